The van der Waals surface area contributed by atoms with Gasteiger partial charge >= 0.3 is 6.18 Å². The molecule has 3 nitrogen and oxygen atoms in total. The molecule has 0 spiro atoms. The van der Waals surface area contributed by atoms with Crippen molar-refractivity contribution >= 4 is 5.69 Å². The molecule has 6 heteroatoms. The first-order valence-electron chi connectivity index (χ1n) is 5.03. The van der Waals surface area contributed by atoms with Crippen LogP contribution in [0.3, 0.4) is 0 Å². The van der Waals surface area contributed by atoms with Gasteiger partial charge in [-0.25, -0.2) is 4.98 Å². The topological polar surface area (TPSA) is 48.1 Å². The van der Waals surface area contributed by atoms with Crippen molar-refractivity contribution < 1.29 is 17.9 Å². The van der Waals surface area contributed by atoms with Crippen molar-refractivity contribution in [2.45, 2.75) is 6.18 Å². The van der Waals surface area contributed by atoms with E-state index in [-0.39, 0.29) is 11.6 Å². The quantitative estimate of drug-likeness (QED) is 0.834. The Morgan fingerprint density at radius 1 is 1.00 bits per heavy atom. The van der Waals surface area contributed by atoms with Gasteiger partial charge in [0.1, 0.15) is 5.69 Å². The number of para-hydroxylation sites is 2. The van der Waals surface area contributed by atoms with Crippen LogP contribution in [0.5, 0.6) is 11.6 Å². The molecule has 1 aromatic carbocycles. The molecule has 0 saturated heterocycles. The molecule has 0 aliphatic rings. The van der Waals surface area contributed by atoms with Crippen molar-refractivity contribution in [1.29, 1.82) is 0 Å². The Kier molecular flexibility index (Phi) is 3.10. The number of alkyl halides is 3. The van der Waals surface area contributed by atoms with Crippen molar-refractivity contribution in [2.24, 2.45) is 0 Å². The highest BCUT2D eigenvalue weighted by molar-refractivity contribution is 5.53. The second-order valence-electron chi connectivity index (χ2n) is 3.50. The summed E-state index contributed by atoms with van der Waals surface area (Å²) in [6.45, 7) is 0. The Morgan fingerprint density at radius 2 is 1.72 bits per heavy atom. The molecular formula is C12H9F3N2O. The number of aromatic nitrogens is 1. The number of anilines is 1. The fourth-order valence-electron chi connectivity index (χ4n) is 1.32. The van der Waals surface area contributed by atoms with Gasteiger partial charge in [-0.1, -0.05) is 18.2 Å². The molecule has 1 heterocycles. The summed E-state index contributed by atoms with van der Waals surface area (Å²) in [6, 6.07) is 9.94. The number of halogens is 3. The molecule has 1 aromatic heterocycles. The average Bonchev–Trinajstić information content (AvgIpc) is 2.31. The Balaban J connectivity index is 2.28. The van der Waals surface area contributed by atoms with E-state index in [4.69, 9.17) is 10.5 Å². The van der Waals surface area contributed by atoms with Crippen molar-refractivity contribution in [1.82, 2.24) is 4.98 Å². The van der Waals surface area contributed by atoms with Crippen molar-refractivity contribution in [3.8, 4) is 11.6 Å². The third kappa shape index (κ3) is 2.71. The number of rotatable bonds is 2. The zero-order valence-corrected chi connectivity index (χ0v) is 9.11. The van der Waals surface area contributed by atoms with Gasteiger partial charge in [0.05, 0.1) is 5.69 Å². The number of ether oxygens (including phenoxy) is 1. The number of benzene rings is 1. The fourth-order valence-corrected chi connectivity index (χ4v) is 1.32. The Morgan fingerprint density at radius 3 is 2.39 bits per heavy atom. The number of hydrogen-bond acceptors (Lipinski definition) is 3. The van der Waals surface area contributed by atoms with Gasteiger partial charge < -0.3 is 10.5 Å². The Labute approximate surface area is 101 Å². The summed E-state index contributed by atoms with van der Waals surface area (Å²) in [5, 5.41) is 0. The van der Waals surface area contributed by atoms with Gasteiger partial charge in [0.15, 0.2) is 5.75 Å². The van der Waals surface area contributed by atoms with Crippen LogP contribution in [0.15, 0.2) is 42.5 Å². The normalized spacial score (nSPS) is 11.3. The van der Waals surface area contributed by atoms with Gasteiger partial charge in [0.25, 0.3) is 0 Å². The first-order chi connectivity index (χ1) is 8.47. The van der Waals surface area contributed by atoms with E-state index >= 15 is 0 Å². The summed E-state index contributed by atoms with van der Waals surface area (Å²) in [7, 11) is 0. The zero-order chi connectivity index (χ0) is 13.2. The SMILES string of the molecule is Nc1ccccc1Oc1cccc(C(F)(F)F)n1. The van der Waals surface area contributed by atoms with Gasteiger partial charge in [-0.2, -0.15) is 13.2 Å². The predicted octanol–water partition coefficient (Wildman–Crippen LogP) is 3.47. The monoisotopic (exact) mass is 254 g/mol. The molecule has 0 aliphatic heterocycles. The van der Waals surface area contributed by atoms with E-state index in [1.165, 1.54) is 12.1 Å². The number of nitrogens with zero attached hydrogens (tertiary/aromatic N) is 1. The number of nitrogen functional groups attached to an aromatic ring is 1. The first-order valence-corrected chi connectivity index (χ1v) is 5.03. The first kappa shape index (κ1) is 12.2. The number of pyridine rings is 1. The van der Waals surface area contributed by atoms with Crippen molar-refractivity contribution in [3.63, 3.8) is 0 Å². The highest BCUT2D eigenvalue weighted by atomic mass is 19.4. The maximum absolute atomic E-state index is 12.4. The van der Waals surface area contributed by atoms with E-state index in [0.717, 1.165) is 6.07 Å². The van der Waals surface area contributed by atoms with E-state index < -0.39 is 11.9 Å². The molecule has 0 fully saturated rings. The average molecular weight is 254 g/mol. The van der Waals surface area contributed by atoms with Crippen molar-refractivity contribution in [2.75, 3.05) is 5.73 Å². The molecule has 0 unspecified atom stereocenters. The van der Waals surface area contributed by atoms with Crippen LogP contribution in [0.4, 0.5) is 18.9 Å². The summed E-state index contributed by atoms with van der Waals surface area (Å²) >= 11 is 0. The maximum atomic E-state index is 12.4. The van der Waals surface area contributed by atoms with Crippen LogP contribution in [0.2, 0.25) is 0 Å². The molecule has 2 N–H and O–H groups in total. The molecule has 0 radical (unpaired) electrons. The summed E-state index contributed by atoms with van der Waals surface area (Å²) in [6.07, 6.45) is -4.50. The van der Waals surface area contributed by atoms with Crippen LogP contribution in [0, 0.1) is 0 Å². The minimum absolute atomic E-state index is 0.150. The third-order valence-electron chi connectivity index (χ3n) is 2.15. The molecule has 2 rings (SSSR count). The molecule has 2 aromatic rings. The van der Waals surface area contributed by atoms with Crippen LogP contribution in [-0.2, 0) is 6.18 Å². The van der Waals surface area contributed by atoms with Crippen LogP contribution < -0.4 is 10.5 Å². The van der Waals surface area contributed by atoms with Gasteiger partial charge in [0, 0.05) is 6.07 Å². The summed E-state index contributed by atoms with van der Waals surface area (Å²) < 4.78 is 42.5. The Bertz CT molecular complexity index is 555. The summed E-state index contributed by atoms with van der Waals surface area (Å²) in [5.41, 5.74) is 4.94. The lowest BCUT2D eigenvalue weighted by atomic mass is 10.3. The van der Waals surface area contributed by atoms with Gasteiger partial charge in [-0.05, 0) is 18.2 Å². The second-order valence-corrected chi connectivity index (χ2v) is 3.50. The van der Waals surface area contributed by atoms with E-state index in [9.17, 15) is 13.2 Å². The van der Waals surface area contributed by atoms with E-state index in [2.05, 4.69) is 4.98 Å². The smallest absolute Gasteiger partial charge is 0.433 e. The lowest BCUT2D eigenvalue weighted by molar-refractivity contribution is -0.141. The van der Waals surface area contributed by atoms with Crippen molar-refractivity contribution in [3.05, 3.63) is 48.2 Å². The maximum Gasteiger partial charge on any atom is 0.433 e. The molecule has 0 bridgehead atoms. The number of hydrogen-bond donors (Lipinski definition) is 1. The zero-order valence-electron chi connectivity index (χ0n) is 9.11. The largest absolute Gasteiger partial charge is 0.437 e. The standard InChI is InChI=1S/C12H9F3N2O/c13-12(14,15)10-6-3-7-11(17-10)18-9-5-2-1-4-8(9)16/h1-7H,16H2. The van der Waals surface area contributed by atoms with Gasteiger partial charge in [-0.3, -0.25) is 0 Å². The summed E-state index contributed by atoms with van der Waals surface area (Å²) in [5.74, 6) is 0.118. The minimum Gasteiger partial charge on any atom is -0.437 e. The van der Waals surface area contributed by atoms with Crippen LogP contribution in [0.1, 0.15) is 5.69 Å². The van der Waals surface area contributed by atoms with E-state index in [0.29, 0.717) is 5.69 Å². The number of nitrogens with two attached hydrogens (primary N) is 1. The van der Waals surface area contributed by atoms with Crippen LogP contribution >= 0.6 is 0 Å². The van der Waals surface area contributed by atoms with E-state index in [1.54, 1.807) is 24.3 Å². The highest BCUT2D eigenvalue weighted by Crippen LogP contribution is 2.31. The molecule has 0 amide bonds. The van der Waals surface area contributed by atoms with Crippen LogP contribution in [0.25, 0.3) is 0 Å². The van der Waals surface area contributed by atoms with Crippen LogP contribution in [-0.4, -0.2) is 4.98 Å². The minimum atomic E-state index is -4.50. The summed E-state index contributed by atoms with van der Waals surface area (Å²) in [4.78, 5) is 3.38. The molecule has 0 aliphatic carbocycles. The lowest BCUT2D eigenvalue weighted by Crippen LogP contribution is -2.08. The molecule has 0 atom stereocenters. The fraction of sp³-hybridized carbons (Fsp3) is 0.0833. The van der Waals surface area contributed by atoms with Gasteiger partial charge in [-0.15, -0.1) is 0 Å². The second kappa shape index (κ2) is 4.56. The van der Waals surface area contributed by atoms with Gasteiger partial charge in [0.2, 0.25) is 5.88 Å². The van der Waals surface area contributed by atoms with E-state index in [1.807, 2.05) is 0 Å². The lowest BCUT2D eigenvalue weighted by Gasteiger charge is -2.09. The third-order valence-corrected chi connectivity index (χ3v) is 2.15. The molecule has 0 saturated carbocycles. The Hall–Kier alpha value is -2.24. The molecule has 18 heavy (non-hydrogen) atoms. The highest BCUT2D eigenvalue weighted by Gasteiger charge is 2.32. The molecular weight excluding hydrogens is 245 g/mol. The molecule has 94 valence electrons. The predicted molar refractivity (Wildman–Crippen MR) is 60.2 cm³/mol.